The van der Waals surface area contributed by atoms with Gasteiger partial charge in [-0.3, -0.25) is 4.79 Å². The number of nitrogens with zero attached hydrogens (tertiary/aromatic N) is 3. The number of aryl methyl sites for hydroxylation is 3. The van der Waals surface area contributed by atoms with Crippen molar-refractivity contribution in [3.05, 3.63) is 63.9 Å². The summed E-state index contributed by atoms with van der Waals surface area (Å²) in [6.07, 6.45) is -0.308. The van der Waals surface area contributed by atoms with Gasteiger partial charge in [-0.2, -0.15) is 0 Å². The summed E-state index contributed by atoms with van der Waals surface area (Å²) in [5.74, 6) is 1.57. The number of carbonyl (C=O) groups excluding carboxylic acids is 1. The maximum Gasteiger partial charge on any atom is 0.234 e. The number of halogens is 1. The summed E-state index contributed by atoms with van der Waals surface area (Å²) < 4.78 is 7.91. The van der Waals surface area contributed by atoms with Crippen LogP contribution in [0.15, 0.2) is 41.6 Å². The highest BCUT2D eigenvalue weighted by atomic mass is 35.5. The van der Waals surface area contributed by atoms with Gasteiger partial charge in [0.05, 0.1) is 5.75 Å². The summed E-state index contributed by atoms with van der Waals surface area (Å²) in [5, 5.41) is 12.8. The van der Waals surface area contributed by atoms with Crippen molar-refractivity contribution in [2.45, 2.75) is 39.0 Å². The number of hydrogen-bond acceptors (Lipinski definition) is 5. The zero-order chi connectivity index (χ0) is 21.8. The van der Waals surface area contributed by atoms with Crippen LogP contribution < -0.4 is 10.1 Å². The van der Waals surface area contributed by atoms with E-state index < -0.39 is 0 Å². The molecule has 1 aromatic heterocycles. The first-order chi connectivity index (χ1) is 14.3. The first-order valence-electron chi connectivity index (χ1n) is 9.57. The van der Waals surface area contributed by atoms with E-state index >= 15 is 0 Å². The maximum atomic E-state index is 12.3. The third kappa shape index (κ3) is 5.15. The van der Waals surface area contributed by atoms with Gasteiger partial charge in [0.2, 0.25) is 5.91 Å². The Labute approximate surface area is 186 Å². The number of ether oxygens (including phenoxy) is 1. The molecule has 0 radical (unpaired) electrons. The monoisotopic (exact) mass is 444 g/mol. The zero-order valence-corrected chi connectivity index (χ0v) is 19.3. The minimum atomic E-state index is -0.308. The molecule has 0 aliphatic heterocycles. The van der Waals surface area contributed by atoms with E-state index in [0.717, 1.165) is 33.1 Å². The van der Waals surface area contributed by atoms with Gasteiger partial charge in [0.15, 0.2) is 17.1 Å². The van der Waals surface area contributed by atoms with Crippen LogP contribution in [-0.4, -0.2) is 26.4 Å². The lowest BCUT2D eigenvalue weighted by atomic mass is 10.1. The molecule has 2 aromatic carbocycles. The Morgan fingerprint density at radius 3 is 2.50 bits per heavy atom. The normalized spacial score (nSPS) is 11.9. The largest absolute Gasteiger partial charge is 0.483 e. The molecule has 0 saturated heterocycles. The molecular weight excluding hydrogens is 420 g/mol. The summed E-state index contributed by atoms with van der Waals surface area (Å²) in [6.45, 7) is 7.78. The van der Waals surface area contributed by atoms with Crippen LogP contribution in [-0.2, 0) is 11.8 Å². The molecule has 1 N–H and O–H groups in total. The van der Waals surface area contributed by atoms with E-state index in [1.165, 1.54) is 11.8 Å². The first kappa shape index (κ1) is 22.2. The molecule has 1 heterocycles. The van der Waals surface area contributed by atoms with Crippen molar-refractivity contribution in [2.75, 3.05) is 11.1 Å². The number of amides is 1. The molecule has 1 unspecified atom stereocenters. The Balaban J connectivity index is 1.62. The average Bonchev–Trinajstić information content (AvgIpc) is 3.07. The molecule has 3 rings (SSSR count). The molecule has 0 fully saturated rings. The van der Waals surface area contributed by atoms with Gasteiger partial charge in [0.25, 0.3) is 0 Å². The Morgan fingerprint density at radius 1 is 1.17 bits per heavy atom. The van der Waals surface area contributed by atoms with Crippen LogP contribution in [0.5, 0.6) is 5.75 Å². The minimum Gasteiger partial charge on any atom is -0.483 e. The number of thioether (sulfide) groups is 1. The van der Waals surface area contributed by atoms with Gasteiger partial charge in [-0.15, -0.1) is 10.2 Å². The van der Waals surface area contributed by atoms with Gasteiger partial charge in [-0.05, 0) is 62.6 Å². The van der Waals surface area contributed by atoms with Gasteiger partial charge in [-0.1, -0.05) is 41.6 Å². The number of carbonyl (C=O) groups is 1. The van der Waals surface area contributed by atoms with Crippen molar-refractivity contribution in [1.29, 1.82) is 0 Å². The quantitative estimate of drug-likeness (QED) is 0.503. The number of rotatable bonds is 7. The van der Waals surface area contributed by atoms with Crippen LogP contribution in [0, 0.1) is 20.8 Å². The molecule has 8 heteroatoms. The highest BCUT2D eigenvalue weighted by molar-refractivity contribution is 7.99. The molecule has 0 aliphatic carbocycles. The first-order valence-corrected chi connectivity index (χ1v) is 10.9. The summed E-state index contributed by atoms with van der Waals surface area (Å²) in [4.78, 5) is 12.3. The van der Waals surface area contributed by atoms with E-state index in [0.29, 0.717) is 11.0 Å². The highest BCUT2D eigenvalue weighted by Gasteiger charge is 2.19. The number of anilines is 1. The van der Waals surface area contributed by atoms with Crippen molar-refractivity contribution in [1.82, 2.24) is 14.8 Å². The van der Waals surface area contributed by atoms with Crippen LogP contribution in [0.4, 0.5) is 5.69 Å². The van der Waals surface area contributed by atoms with Crippen molar-refractivity contribution in [3.8, 4) is 5.75 Å². The summed E-state index contributed by atoms with van der Waals surface area (Å²) in [6, 6.07) is 11.5. The van der Waals surface area contributed by atoms with Crippen molar-refractivity contribution < 1.29 is 9.53 Å². The van der Waals surface area contributed by atoms with Crippen LogP contribution in [0.1, 0.15) is 35.5 Å². The molecule has 3 aromatic rings. The standard InChI is InChI=1S/C22H25ClN4O2S/c1-13-8-6-7-9-18(13)24-19(28)12-30-22-26-25-21(27(22)5)16(4)29-17-10-14(2)20(23)15(3)11-17/h6-11,16H,12H2,1-5H3,(H,24,28). The fraction of sp³-hybridized carbons (Fsp3) is 0.318. The fourth-order valence-electron chi connectivity index (χ4n) is 3.07. The number of aromatic nitrogens is 3. The summed E-state index contributed by atoms with van der Waals surface area (Å²) in [7, 11) is 1.87. The number of para-hydroxylation sites is 1. The molecule has 30 heavy (non-hydrogen) atoms. The van der Waals surface area contributed by atoms with Crippen LogP contribution in [0.2, 0.25) is 5.02 Å². The lowest BCUT2D eigenvalue weighted by molar-refractivity contribution is -0.113. The Morgan fingerprint density at radius 2 is 1.83 bits per heavy atom. The van der Waals surface area contributed by atoms with Gasteiger partial charge in [-0.25, -0.2) is 0 Å². The predicted molar refractivity (Wildman–Crippen MR) is 122 cm³/mol. The van der Waals surface area contributed by atoms with E-state index in [-0.39, 0.29) is 17.8 Å². The smallest absolute Gasteiger partial charge is 0.234 e. The molecule has 0 spiro atoms. The highest BCUT2D eigenvalue weighted by Crippen LogP contribution is 2.29. The number of benzene rings is 2. The lowest BCUT2D eigenvalue weighted by Crippen LogP contribution is -2.15. The Kier molecular flexibility index (Phi) is 7.05. The second-order valence-electron chi connectivity index (χ2n) is 7.18. The van der Waals surface area contributed by atoms with E-state index in [2.05, 4.69) is 15.5 Å². The number of nitrogens with one attached hydrogen (secondary N) is 1. The third-order valence-electron chi connectivity index (χ3n) is 4.71. The van der Waals surface area contributed by atoms with Gasteiger partial charge in [0, 0.05) is 17.8 Å². The average molecular weight is 445 g/mol. The summed E-state index contributed by atoms with van der Waals surface area (Å²) in [5.41, 5.74) is 3.77. The molecule has 1 atom stereocenters. The second-order valence-corrected chi connectivity index (χ2v) is 8.50. The van der Waals surface area contributed by atoms with Crippen molar-refractivity contribution >= 4 is 35.0 Å². The zero-order valence-electron chi connectivity index (χ0n) is 17.7. The van der Waals surface area contributed by atoms with Gasteiger partial charge < -0.3 is 14.6 Å². The molecule has 6 nitrogen and oxygen atoms in total. The maximum absolute atomic E-state index is 12.3. The van der Waals surface area contributed by atoms with Gasteiger partial charge in [0.1, 0.15) is 5.75 Å². The Hall–Kier alpha value is -2.51. The van der Waals surface area contributed by atoms with E-state index in [9.17, 15) is 4.79 Å². The van der Waals surface area contributed by atoms with E-state index in [4.69, 9.17) is 16.3 Å². The second kappa shape index (κ2) is 9.53. The van der Waals surface area contributed by atoms with Crippen molar-refractivity contribution in [2.24, 2.45) is 7.05 Å². The predicted octanol–water partition coefficient (Wildman–Crippen LogP) is 5.26. The van der Waals surface area contributed by atoms with Crippen molar-refractivity contribution in [3.63, 3.8) is 0 Å². The minimum absolute atomic E-state index is 0.0877. The van der Waals surface area contributed by atoms with E-state index in [1.54, 1.807) is 0 Å². The molecule has 0 saturated carbocycles. The van der Waals surface area contributed by atoms with Crippen LogP contribution >= 0.6 is 23.4 Å². The Bertz CT molecular complexity index is 1040. The topological polar surface area (TPSA) is 69.0 Å². The lowest BCUT2D eigenvalue weighted by Gasteiger charge is -2.16. The molecule has 0 bridgehead atoms. The molecule has 0 aliphatic rings. The third-order valence-corrected chi connectivity index (χ3v) is 6.32. The number of hydrogen-bond donors (Lipinski definition) is 1. The van der Waals surface area contributed by atoms with E-state index in [1.807, 2.05) is 75.7 Å². The SMILES string of the molecule is Cc1ccccc1NC(=O)CSc1nnc(C(C)Oc2cc(C)c(Cl)c(C)c2)n1C. The molecule has 1 amide bonds. The van der Waals surface area contributed by atoms with Crippen LogP contribution in [0.25, 0.3) is 0 Å². The molecular formula is C22H25ClN4O2S. The van der Waals surface area contributed by atoms with Crippen LogP contribution in [0.3, 0.4) is 0 Å². The summed E-state index contributed by atoms with van der Waals surface area (Å²) >= 11 is 7.57. The molecule has 158 valence electrons. The van der Waals surface area contributed by atoms with Gasteiger partial charge >= 0.3 is 0 Å². The fourth-order valence-corrected chi connectivity index (χ4v) is 3.89.